The van der Waals surface area contributed by atoms with Crippen molar-refractivity contribution >= 4 is 22.0 Å². The molecule has 12 heteroatoms. The van der Waals surface area contributed by atoms with Crippen LogP contribution in [0.15, 0.2) is 29.2 Å². The fourth-order valence-electron chi connectivity index (χ4n) is 2.10. The van der Waals surface area contributed by atoms with Crippen LogP contribution >= 0.6 is 10.2 Å². The van der Waals surface area contributed by atoms with Gasteiger partial charge >= 0.3 is 10.2 Å². The molecular weight excluding hydrogens is 361 g/mol. The van der Waals surface area contributed by atoms with E-state index in [1.807, 2.05) is 0 Å². The molecule has 1 heterocycles. The Hall–Kier alpha value is -1.92. The van der Waals surface area contributed by atoms with Gasteiger partial charge in [0.1, 0.15) is 10.9 Å². The molecule has 1 saturated heterocycles. The predicted molar refractivity (Wildman–Crippen MR) is 75.4 cm³/mol. The maximum atomic E-state index is 12.6. The van der Waals surface area contributed by atoms with Crippen LogP contribution in [0.4, 0.5) is 19.4 Å². The first kappa shape index (κ1) is 18.4. The summed E-state index contributed by atoms with van der Waals surface area (Å²) in [4.78, 5) is 21.4. The summed E-state index contributed by atoms with van der Waals surface area (Å²) < 4.78 is 63.1. The fraction of sp³-hybridized carbons (Fsp3) is 0.333. The van der Waals surface area contributed by atoms with E-state index in [0.29, 0.717) is 25.2 Å². The molecule has 1 aliphatic rings. The molecule has 1 aliphatic heterocycles. The molecule has 0 spiro atoms. The lowest BCUT2D eigenvalue weighted by Crippen LogP contribution is -2.59. The molecule has 0 saturated carbocycles. The molecule has 2 amide bonds. The van der Waals surface area contributed by atoms with Crippen LogP contribution in [0.25, 0.3) is 0 Å². The van der Waals surface area contributed by atoms with Crippen molar-refractivity contribution in [2.45, 2.75) is 10.9 Å². The lowest BCUT2D eigenvalue weighted by Gasteiger charge is -2.40. The van der Waals surface area contributed by atoms with Gasteiger partial charge in [-0.2, -0.15) is 0 Å². The summed E-state index contributed by atoms with van der Waals surface area (Å²) in [6.45, 7) is 0.781. The molecule has 1 unspecified atom stereocenters. The zero-order valence-corrected chi connectivity index (χ0v) is 12.8. The summed E-state index contributed by atoms with van der Waals surface area (Å²) >= 11 is 0. The summed E-state index contributed by atoms with van der Waals surface area (Å²) in [6.07, 6.45) is 0. The second-order valence-corrected chi connectivity index (χ2v) is 7.75. The van der Waals surface area contributed by atoms with Crippen molar-refractivity contribution < 1.29 is 34.2 Å². The van der Waals surface area contributed by atoms with Gasteiger partial charge in [-0.25, -0.2) is 5.48 Å². The molecule has 1 aromatic rings. The molecule has 0 aromatic heterocycles. The third-order valence-corrected chi connectivity index (χ3v) is 4.69. The highest BCUT2D eigenvalue weighted by Crippen LogP contribution is 3.02. The zero-order chi connectivity index (χ0) is 18.2. The van der Waals surface area contributed by atoms with Crippen LogP contribution in [0.5, 0.6) is 0 Å². The number of carbonyl (C=O) groups excluding carboxylic acids is 2. The minimum absolute atomic E-state index is 0.114. The number of hydrogen-bond acceptors (Lipinski definition) is 4. The Balaban J connectivity index is 2.17. The van der Waals surface area contributed by atoms with Gasteiger partial charge in [0.2, 0.25) is 0 Å². The minimum atomic E-state index is -9.81. The van der Waals surface area contributed by atoms with Gasteiger partial charge in [-0.1, -0.05) is 19.4 Å². The number of hydroxylamine groups is 1. The minimum Gasteiger partial charge on any atom is -0.340 e. The van der Waals surface area contributed by atoms with Gasteiger partial charge in [0, 0.05) is 24.6 Å². The standard InChI is InChI=1S/C12H14F5N3O3S/c13-24(14,15,16,17)9-3-1-7(2-4-9)11(21)19-10(12(22)20-23)8-5-18-6-8/h1-4,8,10,18,23H,5-6H2,(H,19,21)(H,20,22). The highest BCUT2D eigenvalue weighted by molar-refractivity contribution is 8.45. The topological polar surface area (TPSA) is 90.5 Å². The van der Waals surface area contributed by atoms with Gasteiger partial charge in [0.05, 0.1) is 0 Å². The third kappa shape index (κ3) is 4.13. The summed E-state index contributed by atoms with van der Waals surface area (Å²) in [5, 5.41) is 13.8. The lowest BCUT2D eigenvalue weighted by molar-refractivity contribution is -0.133. The normalized spacial score (nSPS) is 19.4. The molecule has 1 atom stereocenters. The quantitative estimate of drug-likeness (QED) is 0.361. The van der Waals surface area contributed by atoms with Crippen LogP contribution in [-0.2, 0) is 4.79 Å². The number of rotatable bonds is 5. The van der Waals surface area contributed by atoms with Gasteiger partial charge in [-0.15, -0.1) is 0 Å². The number of carbonyl (C=O) groups is 2. The molecule has 1 fully saturated rings. The fourth-order valence-corrected chi connectivity index (χ4v) is 2.75. The van der Waals surface area contributed by atoms with Crippen molar-refractivity contribution in [1.29, 1.82) is 0 Å². The lowest BCUT2D eigenvalue weighted by atomic mass is 9.93. The van der Waals surface area contributed by atoms with E-state index >= 15 is 0 Å². The van der Waals surface area contributed by atoms with Crippen LogP contribution in [0.2, 0.25) is 0 Å². The number of halogens is 5. The molecule has 0 radical (unpaired) electrons. The van der Waals surface area contributed by atoms with Crippen molar-refractivity contribution in [3.8, 4) is 0 Å². The first-order valence-corrected chi connectivity index (χ1v) is 8.56. The number of hydrogen-bond donors (Lipinski definition) is 4. The Bertz CT molecular complexity index is 661. The molecular formula is C12H14F5N3O3S. The molecule has 0 bridgehead atoms. The second kappa shape index (κ2) is 5.29. The molecule has 24 heavy (non-hydrogen) atoms. The Morgan fingerprint density at radius 1 is 1.12 bits per heavy atom. The van der Waals surface area contributed by atoms with E-state index < -0.39 is 33.0 Å². The monoisotopic (exact) mass is 375 g/mol. The number of nitrogens with one attached hydrogen (secondary N) is 3. The van der Waals surface area contributed by atoms with E-state index in [4.69, 9.17) is 5.21 Å². The van der Waals surface area contributed by atoms with Gasteiger partial charge in [-0.3, -0.25) is 14.8 Å². The van der Waals surface area contributed by atoms with Crippen LogP contribution in [0.3, 0.4) is 0 Å². The molecule has 2 rings (SSSR count). The molecule has 6 nitrogen and oxygen atoms in total. The van der Waals surface area contributed by atoms with E-state index in [1.165, 1.54) is 5.48 Å². The predicted octanol–water partition coefficient (Wildman–Crippen LogP) is 2.17. The van der Waals surface area contributed by atoms with Gasteiger partial charge in [0.15, 0.2) is 0 Å². The maximum Gasteiger partial charge on any atom is 0.310 e. The van der Waals surface area contributed by atoms with Crippen molar-refractivity contribution in [3.05, 3.63) is 29.8 Å². The Kier molecular flexibility index (Phi) is 4.06. The Labute approximate surface area is 133 Å². The van der Waals surface area contributed by atoms with Crippen molar-refractivity contribution in [3.63, 3.8) is 0 Å². The summed E-state index contributed by atoms with van der Waals surface area (Å²) in [6, 6.07) is 0.301. The highest BCUT2D eigenvalue weighted by atomic mass is 32.5. The zero-order valence-electron chi connectivity index (χ0n) is 11.9. The van der Waals surface area contributed by atoms with Gasteiger partial charge < -0.3 is 10.6 Å². The van der Waals surface area contributed by atoms with E-state index in [1.54, 1.807) is 0 Å². The van der Waals surface area contributed by atoms with Crippen molar-refractivity contribution in [2.75, 3.05) is 13.1 Å². The van der Waals surface area contributed by atoms with E-state index in [0.717, 1.165) is 0 Å². The maximum absolute atomic E-state index is 12.6. The molecule has 0 aliphatic carbocycles. The number of amides is 2. The van der Waals surface area contributed by atoms with Gasteiger partial charge in [-0.05, 0) is 24.3 Å². The molecule has 4 N–H and O–H groups in total. The first-order valence-electron chi connectivity index (χ1n) is 6.61. The SMILES string of the molecule is O=C(NC(C(=O)NO)C1CNC1)c1ccc(S(F)(F)(F)(F)F)cc1. The smallest absolute Gasteiger partial charge is 0.310 e. The average Bonchev–Trinajstić information content (AvgIpc) is 2.41. The van der Waals surface area contributed by atoms with Crippen molar-refractivity contribution in [1.82, 2.24) is 16.1 Å². The average molecular weight is 375 g/mol. The van der Waals surface area contributed by atoms with E-state index in [-0.39, 0.29) is 23.6 Å². The molecule has 136 valence electrons. The largest absolute Gasteiger partial charge is 0.340 e. The first-order chi connectivity index (χ1) is 10.8. The van der Waals surface area contributed by atoms with Crippen LogP contribution in [0, 0.1) is 5.92 Å². The van der Waals surface area contributed by atoms with Crippen molar-refractivity contribution in [2.24, 2.45) is 5.92 Å². The third-order valence-electron chi connectivity index (χ3n) is 3.53. The van der Waals surface area contributed by atoms with E-state index in [2.05, 4.69) is 10.6 Å². The van der Waals surface area contributed by atoms with Gasteiger partial charge in [0.25, 0.3) is 11.8 Å². The Morgan fingerprint density at radius 2 is 1.67 bits per heavy atom. The summed E-state index contributed by atoms with van der Waals surface area (Å²) in [5.41, 5.74) is 1.06. The van der Waals surface area contributed by atoms with Crippen LogP contribution in [-0.4, -0.2) is 36.2 Å². The van der Waals surface area contributed by atoms with Crippen LogP contribution in [0.1, 0.15) is 10.4 Å². The van der Waals surface area contributed by atoms with Crippen LogP contribution < -0.4 is 16.1 Å². The van der Waals surface area contributed by atoms with E-state index in [9.17, 15) is 29.0 Å². The molecule has 1 aromatic carbocycles. The summed E-state index contributed by atoms with van der Waals surface area (Å²) in [7, 11) is -9.81. The number of benzene rings is 1. The summed E-state index contributed by atoms with van der Waals surface area (Å²) in [5.74, 6) is -2.13. The highest BCUT2D eigenvalue weighted by Gasteiger charge is 2.65. The Morgan fingerprint density at radius 3 is 2.04 bits per heavy atom. The second-order valence-electron chi connectivity index (χ2n) is 5.34.